The number of aliphatic hydroxyl groups excluding tert-OH is 1. The number of carbonyl (C=O) groups excluding carboxylic acids is 1. The zero-order valence-electron chi connectivity index (χ0n) is 23.2. The number of fused-ring (bicyclic) bond motifs is 8. The minimum absolute atomic E-state index is 0.00317. The molecule has 0 saturated heterocycles. The van der Waals surface area contributed by atoms with Crippen LogP contribution in [0.4, 0.5) is 0 Å². The summed E-state index contributed by atoms with van der Waals surface area (Å²) in [6.07, 6.45) is 11.5. The van der Waals surface area contributed by atoms with Gasteiger partial charge in [0, 0.05) is 29.9 Å². The summed E-state index contributed by atoms with van der Waals surface area (Å²) in [6.45, 7) is 17.3. The normalized spacial score (nSPS) is 49.8. The lowest BCUT2D eigenvalue weighted by Gasteiger charge is -2.72. The maximum atomic E-state index is 14.4. The molecular weight excluding hydrogens is 434 g/mol. The van der Waals surface area contributed by atoms with Crippen molar-refractivity contribution in [2.45, 2.75) is 112 Å². The van der Waals surface area contributed by atoms with Gasteiger partial charge < -0.3 is 9.63 Å². The molecule has 1 heterocycles. The molecule has 1 aromatic rings. The van der Waals surface area contributed by atoms with E-state index in [0.29, 0.717) is 30.0 Å². The van der Waals surface area contributed by atoms with Crippen LogP contribution in [0.15, 0.2) is 10.7 Å². The summed E-state index contributed by atoms with van der Waals surface area (Å²) in [7, 11) is 0. The highest BCUT2D eigenvalue weighted by Crippen LogP contribution is 2.75. The second-order valence-electron chi connectivity index (χ2n) is 15.7. The topological polar surface area (TPSA) is 63.3 Å². The van der Waals surface area contributed by atoms with Crippen LogP contribution in [0.25, 0.3) is 0 Å². The lowest BCUT2D eigenvalue weighted by Crippen LogP contribution is -2.69. The summed E-state index contributed by atoms with van der Waals surface area (Å²) in [5, 5.41) is 14.9. The first-order valence-electron chi connectivity index (χ1n) is 14.3. The van der Waals surface area contributed by atoms with Gasteiger partial charge in [0.15, 0.2) is 0 Å². The highest BCUT2D eigenvalue weighted by Gasteiger charge is 2.72. The van der Waals surface area contributed by atoms with E-state index in [2.05, 4.69) is 53.6 Å². The van der Waals surface area contributed by atoms with Gasteiger partial charge in [0.05, 0.1) is 6.20 Å². The number of carbonyl (C=O) groups is 1. The first-order valence-corrected chi connectivity index (χ1v) is 14.3. The van der Waals surface area contributed by atoms with Gasteiger partial charge in [-0.25, -0.2) is 0 Å². The molecule has 0 bridgehead atoms. The third kappa shape index (κ3) is 2.84. The molecule has 4 nitrogen and oxygen atoms in total. The number of rotatable bonds is 1. The SMILES string of the molecule is CC1(C)CC[C@]2(CO)CC[C@]3(C)C(C(=O)CC4[C@@]5(C)Cc6cnoc6C(C)(C)C5CC[C@]43C)C2C1. The van der Waals surface area contributed by atoms with E-state index in [4.69, 9.17) is 4.52 Å². The van der Waals surface area contributed by atoms with Gasteiger partial charge in [-0.1, -0.05) is 53.6 Å². The van der Waals surface area contributed by atoms with E-state index in [1.54, 1.807) is 0 Å². The Hall–Kier alpha value is -1.16. The minimum Gasteiger partial charge on any atom is -0.396 e. The molecule has 194 valence electrons. The van der Waals surface area contributed by atoms with Crippen molar-refractivity contribution < 1.29 is 14.4 Å². The van der Waals surface area contributed by atoms with Crippen LogP contribution in [0.1, 0.15) is 111 Å². The van der Waals surface area contributed by atoms with Crippen LogP contribution >= 0.6 is 0 Å². The van der Waals surface area contributed by atoms with Crippen molar-refractivity contribution in [3.05, 3.63) is 17.5 Å². The van der Waals surface area contributed by atoms with Crippen LogP contribution in [0.5, 0.6) is 0 Å². The molecule has 0 amide bonds. The molecule has 0 aromatic carbocycles. The maximum absolute atomic E-state index is 14.4. The maximum Gasteiger partial charge on any atom is 0.145 e. The molecule has 1 N–H and O–H groups in total. The Labute approximate surface area is 212 Å². The van der Waals surface area contributed by atoms with E-state index in [1.807, 2.05) is 6.20 Å². The molecule has 0 aliphatic heterocycles. The van der Waals surface area contributed by atoms with Gasteiger partial charge in [0.2, 0.25) is 0 Å². The number of aromatic nitrogens is 1. The average Bonchev–Trinajstić information content (AvgIpc) is 3.24. The lowest BCUT2D eigenvalue weighted by molar-refractivity contribution is -0.232. The lowest BCUT2D eigenvalue weighted by atomic mass is 9.31. The van der Waals surface area contributed by atoms with Crippen molar-refractivity contribution in [1.29, 1.82) is 0 Å². The smallest absolute Gasteiger partial charge is 0.145 e. The zero-order valence-corrected chi connectivity index (χ0v) is 23.2. The molecule has 5 aliphatic rings. The molecule has 4 fully saturated rings. The van der Waals surface area contributed by atoms with Crippen LogP contribution in [0, 0.1) is 50.7 Å². The van der Waals surface area contributed by atoms with Crippen molar-refractivity contribution >= 4 is 5.78 Å². The first-order chi connectivity index (χ1) is 16.2. The van der Waals surface area contributed by atoms with E-state index in [1.165, 1.54) is 18.4 Å². The number of hydrogen-bond acceptors (Lipinski definition) is 4. The summed E-state index contributed by atoms with van der Waals surface area (Å²) >= 11 is 0. The Morgan fingerprint density at radius 3 is 2.40 bits per heavy atom. The number of nitrogens with zero attached hydrogens (tertiary/aromatic N) is 1. The third-order valence-corrected chi connectivity index (χ3v) is 13.4. The van der Waals surface area contributed by atoms with Crippen LogP contribution in [0.3, 0.4) is 0 Å². The van der Waals surface area contributed by atoms with E-state index in [0.717, 1.165) is 44.3 Å². The fourth-order valence-corrected chi connectivity index (χ4v) is 11.4. The fraction of sp³-hybridized carbons (Fsp3) is 0.871. The quantitative estimate of drug-likeness (QED) is 0.482. The largest absolute Gasteiger partial charge is 0.396 e. The second-order valence-corrected chi connectivity index (χ2v) is 15.7. The molecule has 0 radical (unpaired) electrons. The minimum atomic E-state index is -0.0625. The predicted octanol–water partition coefficient (Wildman–Crippen LogP) is 6.74. The number of hydrogen-bond donors (Lipinski definition) is 1. The van der Waals surface area contributed by atoms with Crippen LogP contribution in [-0.4, -0.2) is 22.7 Å². The molecule has 0 spiro atoms. The Kier molecular flexibility index (Phi) is 4.86. The summed E-state index contributed by atoms with van der Waals surface area (Å²) < 4.78 is 5.81. The van der Waals surface area contributed by atoms with Gasteiger partial charge in [-0.2, -0.15) is 0 Å². The second kappa shape index (κ2) is 7.03. The van der Waals surface area contributed by atoms with Gasteiger partial charge in [0.1, 0.15) is 11.5 Å². The van der Waals surface area contributed by atoms with Crippen molar-refractivity contribution in [2.75, 3.05) is 6.61 Å². The predicted molar refractivity (Wildman–Crippen MR) is 137 cm³/mol. The number of aliphatic hydroxyl groups is 1. The molecule has 1 aromatic heterocycles. The Morgan fingerprint density at radius 1 is 0.971 bits per heavy atom. The Balaban J connectivity index is 1.45. The van der Waals surface area contributed by atoms with Gasteiger partial charge >= 0.3 is 0 Å². The van der Waals surface area contributed by atoms with Crippen molar-refractivity contribution in [2.24, 2.45) is 50.7 Å². The summed E-state index contributed by atoms with van der Waals surface area (Å²) in [5.41, 5.74) is 1.59. The summed E-state index contributed by atoms with van der Waals surface area (Å²) in [6, 6.07) is 0. The molecule has 4 heteroatoms. The molecule has 4 saturated carbocycles. The third-order valence-electron chi connectivity index (χ3n) is 13.4. The van der Waals surface area contributed by atoms with Gasteiger partial charge in [0.25, 0.3) is 0 Å². The Morgan fingerprint density at radius 2 is 1.69 bits per heavy atom. The van der Waals surface area contributed by atoms with Gasteiger partial charge in [-0.05, 0) is 96.2 Å². The van der Waals surface area contributed by atoms with Crippen molar-refractivity contribution in [3.63, 3.8) is 0 Å². The Bertz CT molecular complexity index is 1060. The van der Waals surface area contributed by atoms with E-state index in [9.17, 15) is 9.90 Å². The highest BCUT2D eigenvalue weighted by molar-refractivity contribution is 5.84. The molecule has 5 aliphatic carbocycles. The molecule has 4 unspecified atom stereocenters. The van der Waals surface area contributed by atoms with Gasteiger partial charge in [-0.3, -0.25) is 4.79 Å². The van der Waals surface area contributed by atoms with Crippen molar-refractivity contribution in [3.8, 4) is 0 Å². The standard InChI is InChI=1S/C31H47NO3/c1-26(2)10-12-31(18-33)13-11-30(7)24(20(31)16-26)21(34)14-23-28(5)15-19-17-32-35-25(19)27(3,4)22(28)8-9-29(23,30)6/h17,20,22-24,33H,8-16,18H2,1-7H3/t20?,22?,23?,24?,28-,29+,30+,31+/m0/s1. The van der Waals surface area contributed by atoms with E-state index >= 15 is 0 Å². The van der Waals surface area contributed by atoms with E-state index in [-0.39, 0.29) is 45.0 Å². The molecular formula is C31H47NO3. The average molecular weight is 482 g/mol. The van der Waals surface area contributed by atoms with Crippen LogP contribution in [-0.2, 0) is 16.6 Å². The van der Waals surface area contributed by atoms with Crippen molar-refractivity contribution in [1.82, 2.24) is 5.16 Å². The van der Waals surface area contributed by atoms with Crippen LogP contribution in [0.2, 0.25) is 0 Å². The zero-order chi connectivity index (χ0) is 25.2. The monoisotopic (exact) mass is 481 g/mol. The molecule has 35 heavy (non-hydrogen) atoms. The summed E-state index contributed by atoms with van der Waals surface area (Å²) in [5.74, 6) is 2.86. The summed E-state index contributed by atoms with van der Waals surface area (Å²) in [4.78, 5) is 14.4. The first kappa shape index (κ1) is 24.2. The van der Waals surface area contributed by atoms with Crippen LogP contribution < -0.4 is 0 Å². The number of ketones is 1. The highest BCUT2D eigenvalue weighted by atomic mass is 16.5. The molecule has 6 rings (SSSR count). The van der Waals surface area contributed by atoms with E-state index < -0.39 is 0 Å². The van der Waals surface area contributed by atoms with Gasteiger partial charge in [-0.15, -0.1) is 0 Å². The molecule has 8 atom stereocenters. The number of Topliss-reactive ketones (excluding diaryl/α,β-unsaturated/α-hetero) is 1. The fourth-order valence-electron chi connectivity index (χ4n) is 11.4.